The number of rotatable bonds is 2. The number of likely N-dealkylation sites (tertiary alicyclic amines) is 1. The third-order valence-corrected chi connectivity index (χ3v) is 4.23. The van der Waals surface area contributed by atoms with Gasteiger partial charge in [-0.2, -0.15) is 0 Å². The normalized spacial score (nSPS) is 37.0. The van der Waals surface area contributed by atoms with Crippen LogP contribution in [0.4, 0.5) is 0 Å². The molecule has 2 heteroatoms. The third-order valence-electron chi connectivity index (χ3n) is 4.23. The molecule has 15 heavy (non-hydrogen) atoms. The summed E-state index contributed by atoms with van der Waals surface area (Å²) >= 11 is 0. The molecule has 0 aromatic heterocycles. The van der Waals surface area contributed by atoms with Crippen molar-refractivity contribution in [2.45, 2.75) is 46.1 Å². The van der Waals surface area contributed by atoms with E-state index >= 15 is 0 Å². The van der Waals surface area contributed by atoms with Crippen LogP contribution in [0, 0.1) is 11.3 Å². The van der Waals surface area contributed by atoms with E-state index in [-0.39, 0.29) is 0 Å². The smallest absolute Gasteiger partial charge is 0.0261 e. The lowest BCUT2D eigenvalue weighted by Crippen LogP contribution is -2.48. The van der Waals surface area contributed by atoms with E-state index in [4.69, 9.17) is 0 Å². The second-order valence-electron chi connectivity index (χ2n) is 6.13. The predicted octanol–water partition coefficient (Wildman–Crippen LogP) is 2.11. The summed E-state index contributed by atoms with van der Waals surface area (Å²) < 4.78 is 0. The van der Waals surface area contributed by atoms with Gasteiger partial charge in [-0.15, -0.1) is 0 Å². The zero-order valence-corrected chi connectivity index (χ0v) is 10.6. The van der Waals surface area contributed by atoms with Gasteiger partial charge in [0.15, 0.2) is 0 Å². The SMILES string of the molecule is CCC1CNCC1N1CCCC(C)(C)C1. The largest absolute Gasteiger partial charge is 0.315 e. The molecular formula is C13H26N2. The van der Waals surface area contributed by atoms with Crippen molar-refractivity contribution in [1.82, 2.24) is 10.2 Å². The maximum atomic E-state index is 3.56. The van der Waals surface area contributed by atoms with Crippen LogP contribution < -0.4 is 5.32 Å². The van der Waals surface area contributed by atoms with E-state index in [0.717, 1.165) is 12.0 Å². The summed E-state index contributed by atoms with van der Waals surface area (Å²) in [6.45, 7) is 12.2. The Morgan fingerprint density at radius 1 is 1.33 bits per heavy atom. The highest BCUT2D eigenvalue weighted by molar-refractivity contribution is 4.92. The first kappa shape index (κ1) is 11.4. The number of hydrogen-bond donors (Lipinski definition) is 1. The van der Waals surface area contributed by atoms with Crippen molar-refractivity contribution in [3.05, 3.63) is 0 Å². The van der Waals surface area contributed by atoms with Crippen LogP contribution in [0.5, 0.6) is 0 Å². The minimum absolute atomic E-state index is 0.541. The van der Waals surface area contributed by atoms with Gasteiger partial charge in [0, 0.05) is 19.1 Å². The summed E-state index contributed by atoms with van der Waals surface area (Å²) in [5.41, 5.74) is 0.541. The summed E-state index contributed by atoms with van der Waals surface area (Å²) in [7, 11) is 0. The van der Waals surface area contributed by atoms with Gasteiger partial charge >= 0.3 is 0 Å². The van der Waals surface area contributed by atoms with E-state index in [1.807, 2.05) is 0 Å². The van der Waals surface area contributed by atoms with Crippen molar-refractivity contribution in [3.63, 3.8) is 0 Å². The first-order chi connectivity index (χ1) is 7.12. The molecule has 2 saturated heterocycles. The van der Waals surface area contributed by atoms with E-state index in [1.54, 1.807) is 0 Å². The van der Waals surface area contributed by atoms with Crippen LogP contribution >= 0.6 is 0 Å². The molecule has 2 heterocycles. The van der Waals surface area contributed by atoms with Crippen LogP contribution in [-0.2, 0) is 0 Å². The number of nitrogens with zero attached hydrogens (tertiary/aromatic N) is 1. The molecule has 2 unspecified atom stereocenters. The molecular weight excluding hydrogens is 184 g/mol. The Morgan fingerprint density at radius 3 is 2.80 bits per heavy atom. The van der Waals surface area contributed by atoms with E-state index in [9.17, 15) is 0 Å². The van der Waals surface area contributed by atoms with Crippen molar-refractivity contribution in [2.24, 2.45) is 11.3 Å². The van der Waals surface area contributed by atoms with Crippen molar-refractivity contribution in [3.8, 4) is 0 Å². The Kier molecular flexibility index (Phi) is 3.36. The van der Waals surface area contributed by atoms with E-state index in [1.165, 1.54) is 45.4 Å². The molecule has 0 radical (unpaired) electrons. The van der Waals surface area contributed by atoms with Gasteiger partial charge in [-0.3, -0.25) is 4.90 Å². The minimum Gasteiger partial charge on any atom is -0.315 e. The molecule has 2 nitrogen and oxygen atoms in total. The Morgan fingerprint density at radius 2 is 2.13 bits per heavy atom. The fourth-order valence-electron chi connectivity index (χ4n) is 3.31. The van der Waals surface area contributed by atoms with Crippen molar-refractivity contribution in [1.29, 1.82) is 0 Å². The van der Waals surface area contributed by atoms with Crippen LogP contribution in [0.1, 0.15) is 40.0 Å². The summed E-state index contributed by atoms with van der Waals surface area (Å²) in [6.07, 6.45) is 4.12. The number of hydrogen-bond acceptors (Lipinski definition) is 2. The summed E-state index contributed by atoms with van der Waals surface area (Å²) in [4.78, 5) is 2.75. The second-order valence-corrected chi connectivity index (χ2v) is 6.13. The highest BCUT2D eigenvalue weighted by Crippen LogP contribution is 2.32. The first-order valence-corrected chi connectivity index (χ1v) is 6.57. The zero-order valence-electron chi connectivity index (χ0n) is 10.6. The topological polar surface area (TPSA) is 15.3 Å². The van der Waals surface area contributed by atoms with Crippen LogP contribution in [-0.4, -0.2) is 37.1 Å². The number of nitrogens with one attached hydrogen (secondary N) is 1. The van der Waals surface area contributed by atoms with Gasteiger partial charge < -0.3 is 5.32 Å². The minimum atomic E-state index is 0.541. The highest BCUT2D eigenvalue weighted by Gasteiger charge is 2.35. The van der Waals surface area contributed by atoms with Gasteiger partial charge in [-0.25, -0.2) is 0 Å². The van der Waals surface area contributed by atoms with E-state index in [0.29, 0.717) is 5.41 Å². The molecule has 0 aromatic carbocycles. The molecule has 0 bridgehead atoms. The Hall–Kier alpha value is -0.0800. The van der Waals surface area contributed by atoms with Gasteiger partial charge in [0.05, 0.1) is 0 Å². The molecule has 0 amide bonds. The lowest BCUT2D eigenvalue weighted by molar-refractivity contribution is 0.0673. The Labute approximate surface area is 94.4 Å². The molecule has 2 aliphatic heterocycles. The van der Waals surface area contributed by atoms with Gasteiger partial charge in [0.1, 0.15) is 0 Å². The maximum Gasteiger partial charge on any atom is 0.0261 e. The van der Waals surface area contributed by atoms with Crippen LogP contribution in [0.15, 0.2) is 0 Å². The second kappa shape index (κ2) is 4.42. The number of piperidine rings is 1. The zero-order chi connectivity index (χ0) is 10.9. The molecule has 88 valence electrons. The van der Waals surface area contributed by atoms with Crippen molar-refractivity contribution < 1.29 is 0 Å². The molecule has 1 N–H and O–H groups in total. The Bertz CT molecular complexity index is 213. The third kappa shape index (κ3) is 2.54. The molecule has 2 fully saturated rings. The Balaban J connectivity index is 1.97. The first-order valence-electron chi connectivity index (χ1n) is 6.57. The lowest BCUT2D eigenvalue weighted by Gasteiger charge is -2.42. The van der Waals surface area contributed by atoms with Gasteiger partial charge in [0.2, 0.25) is 0 Å². The summed E-state index contributed by atoms with van der Waals surface area (Å²) in [6, 6.07) is 0.814. The molecule has 0 aliphatic carbocycles. The molecule has 2 atom stereocenters. The van der Waals surface area contributed by atoms with Crippen molar-refractivity contribution in [2.75, 3.05) is 26.2 Å². The molecule has 0 aromatic rings. The predicted molar refractivity (Wildman–Crippen MR) is 65.0 cm³/mol. The standard InChI is InChI=1S/C13H26N2/c1-4-11-8-14-9-12(11)15-7-5-6-13(2,3)10-15/h11-12,14H,4-10H2,1-3H3. The van der Waals surface area contributed by atoms with Gasteiger partial charge in [-0.1, -0.05) is 27.2 Å². The summed E-state index contributed by atoms with van der Waals surface area (Å²) in [5.74, 6) is 0.888. The fraction of sp³-hybridized carbons (Fsp3) is 1.00. The summed E-state index contributed by atoms with van der Waals surface area (Å²) in [5, 5.41) is 3.56. The van der Waals surface area contributed by atoms with Gasteiger partial charge in [-0.05, 0) is 37.3 Å². The van der Waals surface area contributed by atoms with E-state index in [2.05, 4.69) is 31.0 Å². The van der Waals surface area contributed by atoms with Crippen molar-refractivity contribution >= 4 is 0 Å². The fourth-order valence-corrected chi connectivity index (χ4v) is 3.31. The average Bonchev–Trinajstić information content (AvgIpc) is 2.63. The molecule has 2 aliphatic rings. The average molecular weight is 210 g/mol. The monoisotopic (exact) mass is 210 g/mol. The molecule has 0 saturated carbocycles. The van der Waals surface area contributed by atoms with Gasteiger partial charge in [0.25, 0.3) is 0 Å². The van der Waals surface area contributed by atoms with Crippen LogP contribution in [0.3, 0.4) is 0 Å². The molecule has 2 rings (SSSR count). The van der Waals surface area contributed by atoms with Crippen LogP contribution in [0.25, 0.3) is 0 Å². The highest BCUT2D eigenvalue weighted by atomic mass is 15.2. The van der Waals surface area contributed by atoms with Crippen LogP contribution in [0.2, 0.25) is 0 Å². The van der Waals surface area contributed by atoms with E-state index < -0.39 is 0 Å². The quantitative estimate of drug-likeness (QED) is 0.751. The molecule has 0 spiro atoms. The lowest BCUT2D eigenvalue weighted by atomic mass is 9.82. The maximum absolute atomic E-state index is 3.56.